The lowest BCUT2D eigenvalue weighted by molar-refractivity contribution is -0.121. The molecular formula is C19H20N4O3. The second-order valence-corrected chi connectivity index (χ2v) is 5.69. The zero-order valence-electron chi connectivity index (χ0n) is 14.5. The molecule has 0 saturated heterocycles. The minimum atomic E-state index is -0.0472. The van der Waals surface area contributed by atoms with E-state index < -0.39 is 0 Å². The molecule has 1 amide bonds. The predicted molar refractivity (Wildman–Crippen MR) is 95.6 cm³/mol. The van der Waals surface area contributed by atoms with Crippen molar-refractivity contribution in [3.8, 4) is 17.2 Å². The molecule has 1 N–H and O–H groups in total. The first-order valence-electron chi connectivity index (χ1n) is 8.37. The van der Waals surface area contributed by atoms with E-state index >= 15 is 0 Å². The van der Waals surface area contributed by atoms with Crippen LogP contribution >= 0.6 is 0 Å². The quantitative estimate of drug-likeness (QED) is 0.670. The number of amides is 1. The van der Waals surface area contributed by atoms with Crippen LogP contribution in [0.3, 0.4) is 0 Å². The number of ether oxygens (including phenoxy) is 1. The Morgan fingerprint density at radius 3 is 2.92 bits per heavy atom. The summed E-state index contributed by atoms with van der Waals surface area (Å²) >= 11 is 0. The Bertz CT molecular complexity index is 849. The second kappa shape index (κ2) is 8.75. The topological polar surface area (TPSA) is 90.1 Å². The molecule has 2 aromatic heterocycles. The van der Waals surface area contributed by atoms with E-state index in [9.17, 15) is 4.79 Å². The number of rotatable bonds is 8. The number of methoxy groups -OCH3 is 1. The van der Waals surface area contributed by atoms with Gasteiger partial charge in [-0.15, -0.1) is 10.2 Å². The number of carbonyl (C=O) groups is 1. The first-order chi connectivity index (χ1) is 12.7. The van der Waals surface area contributed by atoms with E-state index in [2.05, 4.69) is 20.5 Å². The molecule has 2 heterocycles. The van der Waals surface area contributed by atoms with Gasteiger partial charge in [0.05, 0.1) is 12.7 Å². The van der Waals surface area contributed by atoms with Gasteiger partial charge in [0.25, 0.3) is 0 Å². The van der Waals surface area contributed by atoms with Crippen LogP contribution in [0.4, 0.5) is 0 Å². The van der Waals surface area contributed by atoms with Crippen LogP contribution < -0.4 is 10.1 Å². The van der Waals surface area contributed by atoms with Crippen LogP contribution in [0.25, 0.3) is 11.5 Å². The van der Waals surface area contributed by atoms with Gasteiger partial charge in [0.1, 0.15) is 5.75 Å². The number of nitrogens with zero attached hydrogens (tertiary/aromatic N) is 3. The highest BCUT2D eigenvalue weighted by Crippen LogP contribution is 2.16. The van der Waals surface area contributed by atoms with Crippen molar-refractivity contribution < 1.29 is 13.9 Å². The molecule has 0 radical (unpaired) electrons. The van der Waals surface area contributed by atoms with Gasteiger partial charge in [-0.1, -0.05) is 12.1 Å². The third-order valence-electron chi connectivity index (χ3n) is 3.81. The Labute approximate surface area is 151 Å². The average Bonchev–Trinajstić information content (AvgIpc) is 3.16. The fourth-order valence-electron chi connectivity index (χ4n) is 2.44. The van der Waals surface area contributed by atoms with Crippen LogP contribution in [0.2, 0.25) is 0 Å². The zero-order valence-corrected chi connectivity index (χ0v) is 14.5. The van der Waals surface area contributed by atoms with Crippen LogP contribution in [0.1, 0.15) is 17.9 Å². The lowest BCUT2D eigenvalue weighted by Gasteiger charge is -2.06. The molecule has 0 unspecified atom stereocenters. The molecule has 1 aromatic carbocycles. The maximum atomic E-state index is 12.0. The summed E-state index contributed by atoms with van der Waals surface area (Å²) in [6.07, 6.45) is 4.78. The summed E-state index contributed by atoms with van der Waals surface area (Å²) in [4.78, 5) is 16.0. The van der Waals surface area contributed by atoms with E-state index in [1.165, 1.54) is 0 Å². The summed E-state index contributed by atoms with van der Waals surface area (Å²) in [5.41, 5.74) is 1.87. The number of pyridine rings is 1. The number of hydrogen-bond donors (Lipinski definition) is 1. The van der Waals surface area contributed by atoms with Crippen molar-refractivity contribution in [1.29, 1.82) is 0 Å². The molecule has 3 aromatic rings. The molecule has 0 spiro atoms. The highest BCUT2D eigenvalue weighted by molar-refractivity contribution is 5.76. The Morgan fingerprint density at radius 1 is 1.19 bits per heavy atom. The number of aryl methyl sites for hydroxylation is 1. The molecule has 3 rings (SSSR count). The first-order valence-corrected chi connectivity index (χ1v) is 8.37. The fraction of sp³-hybridized carbons (Fsp3) is 0.263. The highest BCUT2D eigenvalue weighted by Gasteiger charge is 2.10. The van der Waals surface area contributed by atoms with E-state index in [1.54, 1.807) is 25.6 Å². The van der Waals surface area contributed by atoms with E-state index in [1.807, 2.05) is 30.3 Å². The molecule has 7 heteroatoms. The van der Waals surface area contributed by atoms with Crippen LogP contribution in [-0.2, 0) is 17.6 Å². The minimum absolute atomic E-state index is 0.0472. The van der Waals surface area contributed by atoms with Gasteiger partial charge in [-0.25, -0.2) is 0 Å². The van der Waals surface area contributed by atoms with Crippen molar-refractivity contribution in [3.05, 3.63) is 60.2 Å². The standard InChI is InChI=1S/C19H20N4O3/c1-25-16-6-2-4-14(12-16)9-11-21-17(24)7-8-18-22-23-19(26-18)15-5-3-10-20-13-15/h2-6,10,12-13H,7-9,11H2,1H3,(H,21,24). The minimum Gasteiger partial charge on any atom is -0.497 e. The fourth-order valence-corrected chi connectivity index (χ4v) is 2.44. The van der Waals surface area contributed by atoms with E-state index in [-0.39, 0.29) is 5.91 Å². The molecule has 0 atom stereocenters. The Balaban J connectivity index is 1.42. The number of aromatic nitrogens is 3. The maximum absolute atomic E-state index is 12.0. The summed E-state index contributed by atoms with van der Waals surface area (Å²) in [6, 6.07) is 11.4. The van der Waals surface area contributed by atoms with Gasteiger partial charge in [0.2, 0.25) is 17.7 Å². The van der Waals surface area contributed by atoms with Crippen molar-refractivity contribution in [3.63, 3.8) is 0 Å². The largest absolute Gasteiger partial charge is 0.497 e. The summed E-state index contributed by atoms with van der Waals surface area (Å²) in [5, 5.41) is 10.9. The lowest BCUT2D eigenvalue weighted by Crippen LogP contribution is -2.25. The number of hydrogen-bond acceptors (Lipinski definition) is 6. The Hall–Kier alpha value is -3.22. The Kier molecular flexibility index (Phi) is 5.92. The normalized spacial score (nSPS) is 10.5. The molecule has 0 aliphatic rings. The molecular weight excluding hydrogens is 332 g/mol. The molecule has 0 aliphatic heterocycles. The van der Waals surface area contributed by atoms with E-state index in [0.29, 0.717) is 31.2 Å². The average molecular weight is 352 g/mol. The number of nitrogens with one attached hydrogen (secondary N) is 1. The molecule has 7 nitrogen and oxygen atoms in total. The molecule has 134 valence electrons. The van der Waals surface area contributed by atoms with Crippen LogP contribution in [0, 0.1) is 0 Å². The highest BCUT2D eigenvalue weighted by atomic mass is 16.5. The van der Waals surface area contributed by atoms with E-state index in [0.717, 1.165) is 23.3 Å². The van der Waals surface area contributed by atoms with Gasteiger partial charge in [-0.2, -0.15) is 0 Å². The van der Waals surface area contributed by atoms with Gasteiger partial charge in [0.15, 0.2) is 0 Å². The number of carbonyl (C=O) groups excluding carboxylic acids is 1. The first kappa shape index (κ1) is 17.6. The Morgan fingerprint density at radius 2 is 2.12 bits per heavy atom. The summed E-state index contributed by atoms with van der Waals surface area (Å²) in [6.45, 7) is 0.566. The van der Waals surface area contributed by atoms with Gasteiger partial charge in [-0.05, 0) is 36.2 Å². The van der Waals surface area contributed by atoms with Gasteiger partial charge < -0.3 is 14.5 Å². The van der Waals surface area contributed by atoms with E-state index in [4.69, 9.17) is 9.15 Å². The van der Waals surface area contributed by atoms with Crippen molar-refractivity contribution in [1.82, 2.24) is 20.5 Å². The molecule has 0 fully saturated rings. The van der Waals surface area contributed by atoms with Crippen LogP contribution in [0.15, 0.2) is 53.2 Å². The van der Waals surface area contributed by atoms with Crippen molar-refractivity contribution in [2.45, 2.75) is 19.3 Å². The third kappa shape index (κ3) is 4.89. The molecule has 26 heavy (non-hydrogen) atoms. The third-order valence-corrected chi connectivity index (χ3v) is 3.81. The predicted octanol–water partition coefficient (Wildman–Crippen LogP) is 2.43. The maximum Gasteiger partial charge on any atom is 0.249 e. The summed E-state index contributed by atoms with van der Waals surface area (Å²) < 4.78 is 10.8. The molecule has 0 bridgehead atoms. The SMILES string of the molecule is COc1cccc(CCNC(=O)CCc2nnc(-c3cccnc3)o2)c1. The monoisotopic (exact) mass is 352 g/mol. The summed E-state index contributed by atoms with van der Waals surface area (Å²) in [5.74, 6) is 1.61. The van der Waals surface area contributed by atoms with Gasteiger partial charge in [-0.3, -0.25) is 9.78 Å². The van der Waals surface area contributed by atoms with Crippen LogP contribution in [0.5, 0.6) is 5.75 Å². The smallest absolute Gasteiger partial charge is 0.249 e. The van der Waals surface area contributed by atoms with Crippen LogP contribution in [-0.4, -0.2) is 34.7 Å². The zero-order chi connectivity index (χ0) is 18.2. The van der Waals surface area contributed by atoms with Crippen molar-refractivity contribution in [2.75, 3.05) is 13.7 Å². The number of benzene rings is 1. The second-order valence-electron chi connectivity index (χ2n) is 5.69. The molecule has 0 saturated carbocycles. The van der Waals surface area contributed by atoms with Gasteiger partial charge in [0, 0.05) is 31.8 Å². The van der Waals surface area contributed by atoms with Gasteiger partial charge >= 0.3 is 0 Å². The van der Waals surface area contributed by atoms with Crippen molar-refractivity contribution >= 4 is 5.91 Å². The van der Waals surface area contributed by atoms with Crippen molar-refractivity contribution in [2.24, 2.45) is 0 Å². The summed E-state index contributed by atoms with van der Waals surface area (Å²) in [7, 11) is 1.64. The lowest BCUT2D eigenvalue weighted by atomic mass is 10.1. The molecule has 0 aliphatic carbocycles.